The van der Waals surface area contributed by atoms with Crippen LogP contribution in [-0.4, -0.2) is 68.5 Å². The summed E-state index contributed by atoms with van der Waals surface area (Å²) in [5.41, 5.74) is 1.72. The molecule has 1 unspecified atom stereocenters. The van der Waals surface area contributed by atoms with E-state index in [9.17, 15) is 24.6 Å². The fourth-order valence-electron chi connectivity index (χ4n) is 3.79. The van der Waals surface area contributed by atoms with Crippen molar-refractivity contribution in [1.29, 1.82) is 0 Å². The van der Waals surface area contributed by atoms with Crippen molar-refractivity contribution in [3.05, 3.63) is 52.9 Å². The van der Waals surface area contributed by atoms with Gasteiger partial charge < -0.3 is 20.0 Å². The Morgan fingerprint density at radius 3 is 2.61 bits per heavy atom. The van der Waals surface area contributed by atoms with E-state index in [0.29, 0.717) is 22.2 Å². The molecule has 0 bridgehead atoms. The van der Waals surface area contributed by atoms with E-state index in [2.05, 4.69) is 0 Å². The molecule has 1 fully saturated rings. The first-order valence-corrected chi connectivity index (χ1v) is 10.7. The van der Waals surface area contributed by atoms with Gasteiger partial charge in [-0.05, 0) is 24.4 Å². The van der Waals surface area contributed by atoms with Gasteiger partial charge in [-0.3, -0.25) is 9.59 Å². The number of aliphatic hydroxyl groups excluding tert-OH is 1. The number of carboxylic acids is 1. The number of benzene rings is 1. The molecule has 160 valence electrons. The zero-order chi connectivity index (χ0) is 22.1. The van der Waals surface area contributed by atoms with Crippen LogP contribution in [0.15, 0.2) is 41.8 Å². The Labute approximate surface area is 182 Å². The van der Waals surface area contributed by atoms with Crippen molar-refractivity contribution in [3.8, 4) is 10.6 Å². The molecule has 0 spiro atoms. The predicted molar refractivity (Wildman–Crippen MR) is 116 cm³/mol. The Morgan fingerprint density at radius 2 is 1.97 bits per heavy atom. The number of carbonyl (C=O) groups excluding carboxylic acids is 2. The van der Waals surface area contributed by atoms with Crippen LogP contribution >= 0.6 is 11.3 Å². The SMILES string of the molecule is CC(O)C(=O)N1CCN(Cc2c(-c3cccs3)nc3ccccc3c2C(=O)O)C(=O)C1. The summed E-state index contributed by atoms with van der Waals surface area (Å²) >= 11 is 1.45. The van der Waals surface area contributed by atoms with Crippen LogP contribution in [-0.2, 0) is 16.1 Å². The van der Waals surface area contributed by atoms with Crippen LogP contribution in [0, 0.1) is 0 Å². The lowest BCUT2D eigenvalue weighted by molar-refractivity contribution is -0.150. The van der Waals surface area contributed by atoms with Crippen molar-refractivity contribution in [2.75, 3.05) is 19.6 Å². The summed E-state index contributed by atoms with van der Waals surface area (Å²) in [5, 5.41) is 22.0. The summed E-state index contributed by atoms with van der Waals surface area (Å²) in [6.45, 7) is 1.80. The highest BCUT2D eigenvalue weighted by Gasteiger charge is 2.31. The van der Waals surface area contributed by atoms with Gasteiger partial charge in [0.25, 0.3) is 5.91 Å². The van der Waals surface area contributed by atoms with Crippen LogP contribution in [0.25, 0.3) is 21.5 Å². The van der Waals surface area contributed by atoms with Crippen molar-refractivity contribution in [2.45, 2.75) is 19.6 Å². The Balaban J connectivity index is 1.76. The summed E-state index contributed by atoms with van der Waals surface area (Å²) < 4.78 is 0. The quantitative estimate of drug-likeness (QED) is 0.631. The molecule has 2 aromatic heterocycles. The molecule has 0 saturated carbocycles. The molecule has 1 aliphatic heterocycles. The van der Waals surface area contributed by atoms with Gasteiger partial charge in [0.05, 0.1) is 28.2 Å². The van der Waals surface area contributed by atoms with Crippen molar-refractivity contribution < 1.29 is 24.6 Å². The third kappa shape index (κ3) is 4.01. The highest BCUT2D eigenvalue weighted by atomic mass is 32.1. The molecular weight excluding hydrogens is 418 g/mol. The number of nitrogens with zero attached hydrogens (tertiary/aromatic N) is 3. The van der Waals surface area contributed by atoms with Gasteiger partial charge in [0, 0.05) is 30.6 Å². The van der Waals surface area contributed by atoms with E-state index < -0.39 is 18.0 Å². The van der Waals surface area contributed by atoms with Crippen LogP contribution in [0.5, 0.6) is 0 Å². The van der Waals surface area contributed by atoms with Crippen molar-refractivity contribution in [2.24, 2.45) is 0 Å². The minimum atomic E-state index is -1.17. The lowest BCUT2D eigenvalue weighted by Gasteiger charge is -2.35. The smallest absolute Gasteiger partial charge is 0.336 e. The van der Waals surface area contributed by atoms with E-state index in [0.717, 1.165) is 4.88 Å². The Hall–Kier alpha value is -3.30. The molecule has 4 rings (SSSR count). The number of amides is 2. The average molecular weight is 439 g/mol. The number of hydrogen-bond acceptors (Lipinski definition) is 6. The Bertz CT molecular complexity index is 1160. The fourth-order valence-corrected chi connectivity index (χ4v) is 4.53. The van der Waals surface area contributed by atoms with Gasteiger partial charge >= 0.3 is 5.97 Å². The van der Waals surface area contributed by atoms with Crippen LogP contribution in [0.4, 0.5) is 0 Å². The highest BCUT2D eigenvalue weighted by Crippen LogP contribution is 2.34. The summed E-state index contributed by atoms with van der Waals surface area (Å²) in [6.07, 6.45) is -1.17. The molecule has 3 heterocycles. The monoisotopic (exact) mass is 439 g/mol. The number of aromatic carboxylic acids is 1. The number of thiophene rings is 1. The van der Waals surface area contributed by atoms with E-state index in [1.54, 1.807) is 29.2 Å². The maximum atomic E-state index is 12.8. The third-order valence-corrected chi connectivity index (χ3v) is 6.17. The number of fused-ring (bicyclic) bond motifs is 1. The van der Waals surface area contributed by atoms with Crippen LogP contribution in [0.2, 0.25) is 0 Å². The molecule has 31 heavy (non-hydrogen) atoms. The standard InChI is InChI=1S/C22H21N3O5S/c1-13(26)21(28)25-9-8-24(18(27)12-25)11-15-19(22(29)30)14-5-2-3-6-16(14)23-20(15)17-7-4-10-31-17/h2-7,10,13,26H,8-9,11-12H2,1H3,(H,29,30). The number of carbonyl (C=O) groups is 3. The average Bonchev–Trinajstić information content (AvgIpc) is 3.28. The van der Waals surface area contributed by atoms with Gasteiger partial charge in [0.15, 0.2) is 0 Å². The van der Waals surface area contributed by atoms with Crippen LogP contribution < -0.4 is 0 Å². The highest BCUT2D eigenvalue weighted by molar-refractivity contribution is 7.13. The maximum Gasteiger partial charge on any atom is 0.336 e. The number of rotatable bonds is 5. The van der Waals surface area contributed by atoms with Crippen LogP contribution in [0.1, 0.15) is 22.8 Å². The van der Waals surface area contributed by atoms with Gasteiger partial charge in [0.1, 0.15) is 6.10 Å². The number of aliphatic hydroxyl groups is 1. The Morgan fingerprint density at radius 1 is 1.19 bits per heavy atom. The molecule has 0 radical (unpaired) electrons. The fraction of sp³-hybridized carbons (Fsp3) is 0.273. The second-order valence-electron chi connectivity index (χ2n) is 7.36. The summed E-state index contributed by atoms with van der Waals surface area (Å²) in [6, 6.07) is 10.8. The van der Waals surface area contributed by atoms with Crippen molar-refractivity contribution in [3.63, 3.8) is 0 Å². The number of carboxylic acid groups (broad SMARTS) is 1. The van der Waals surface area contributed by atoms with Gasteiger partial charge in [-0.2, -0.15) is 0 Å². The summed E-state index contributed by atoms with van der Waals surface area (Å²) in [5.74, 6) is -1.88. The zero-order valence-electron chi connectivity index (χ0n) is 16.8. The largest absolute Gasteiger partial charge is 0.478 e. The normalized spacial score (nSPS) is 15.4. The van der Waals surface area contributed by atoms with E-state index in [4.69, 9.17) is 4.98 Å². The molecule has 2 N–H and O–H groups in total. The maximum absolute atomic E-state index is 12.8. The molecule has 8 nitrogen and oxygen atoms in total. The molecular formula is C22H21N3O5S. The summed E-state index contributed by atoms with van der Waals surface area (Å²) in [4.78, 5) is 45.5. The second-order valence-corrected chi connectivity index (χ2v) is 8.31. The predicted octanol–water partition coefficient (Wildman–Crippen LogP) is 2.21. The van der Waals surface area contributed by atoms with Gasteiger partial charge in [0.2, 0.25) is 5.91 Å². The van der Waals surface area contributed by atoms with Gasteiger partial charge in [-0.15, -0.1) is 11.3 Å². The lowest BCUT2D eigenvalue weighted by atomic mass is 9.98. The molecule has 9 heteroatoms. The van der Waals surface area contributed by atoms with Crippen molar-refractivity contribution >= 4 is 40.0 Å². The number of piperazine rings is 1. The number of aromatic nitrogens is 1. The van der Waals surface area contributed by atoms with Crippen molar-refractivity contribution in [1.82, 2.24) is 14.8 Å². The first kappa shape index (κ1) is 21.0. The van der Waals surface area contributed by atoms with E-state index >= 15 is 0 Å². The molecule has 1 saturated heterocycles. The number of pyridine rings is 1. The number of hydrogen-bond donors (Lipinski definition) is 2. The minimum absolute atomic E-state index is 0.0717. The molecule has 0 aliphatic carbocycles. The first-order chi connectivity index (χ1) is 14.9. The minimum Gasteiger partial charge on any atom is -0.478 e. The molecule has 1 atom stereocenters. The van der Waals surface area contributed by atoms with E-state index in [1.165, 1.54) is 23.2 Å². The first-order valence-electron chi connectivity index (χ1n) is 9.80. The van der Waals surface area contributed by atoms with E-state index in [1.807, 2.05) is 17.5 Å². The molecule has 1 aromatic carbocycles. The molecule has 3 aromatic rings. The molecule has 1 aliphatic rings. The Kier molecular flexibility index (Phi) is 5.71. The van der Waals surface area contributed by atoms with Gasteiger partial charge in [-0.1, -0.05) is 24.3 Å². The lowest BCUT2D eigenvalue weighted by Crippen LogP contribution is -2.53. The molecule has 2 amide bonds. The number of para-hydroxylation sites is 1. The second kappa shape index (κ2) is 8.44. The summed E-state index contributed by atoms with van der Waals surface area (Å²) in [7, 11) is 0. The van der Waals surface area contributed by atoms with Crippen LogP contribution in [0.3, 0.4) is 0 Å². The third-order valence-electron chi connectivity index (χ3n) is 5.30. The zero-order valence-corrected chi connectivity index (χ0v) is 17.6. The van der Waals surface area contributed by atoms with E-state index in [-0.39, 0.29) is 37.6 Å². The van der Waals surface area contributed by atoms with Gasteiger partial charge in [-0.25, -0.2) is 9.78 Å². The topological polar surface area (TPSA) is 111 Å².